The molecule has 1 amide bonds. The summed E-state index contributed by atoms with van der Waals surface area (Å²) < 4.78 is 0. The molecule has 0 radical (unpaired) electrons. The molecular formula is C19H14ClN5O. The van der Waals surface area contributed by atoms with Crippen LogP contribution in [0.1, 0.15) is 21.6 Å². The van der Waals surface area contributed by atoms with Gasteiger partial charge < -0.3 is 10.6 Å². The first-order valence-electron chi connectivity index (χ1n) is 7.72. The van der Waals surface area contributed by atoms with Gasteiger partial charge in [0.05, 0.1) is 11.6 Å². The predicted molar refractivity (Wildman–Crippen MR) is 101 cm³/mol. The van der Waals surface area contributed by atoms with Crippen LogP contribution < -0.4 is 10.6 Å². The quantitative estimate of drug-likeness (QED) is 0.720. The number of hydrogen-bond acceptors (Lipinski definition) is 5. The van der Waals surface area contributed by atoms with Gasteiger partial charge in [-0.1, -0.05) is 17.7 Å². The molecule has 2 N–H and O–H groups in total. The molecule has 3 rings (SSSR count). The number of nitrogens with one attached hydrogen (secondary N) is 2. The van der Waals surface area contributed by atoms with Gasteiger partial charge in [-0.2, -0.15) is 5.26 Å². The lowest BCUT2D eigenvalue weighted by Gasteiger charge is -2.08. The molecule has 0 saturated carbocycles. The molecule has 0 aliphatic carbocycles. The Balaban J connectivity index is 1.74. The third-order valence-corrected chi connectivity index (χ3v) is 4.02. The second-order valence-corrected chi connectivity index (χ2v) is 5.93. The van der Waals surface area contributed by atoms with E-state index in [-0.39, 0.29) is 11.6 Å². The Labute approximate surface area is 155 Å². The molecule has 128 valence electrons. The van der Waals surface area contributed by atoms with Crippen LogP contribution in [0.2, 0.25) is 5.02 Å². The van der Waals surface area contributed by atoms with Crippen LogP contribution in [-0.4, -0.2) is 15.9 Å². The smallest absolute Gasteiger partial charge is 0.274 e. The Bertz CT molecular complexity index is 996. The third-order valence-electron chi connectivity index (χ3n) is 3.62. The fourth-order valence-electron chi connectivity index (χ4n) is 2.19. The van der Waals surface area contributed by atoms with E-state index in [0.29, 0.717) is 22.1 Å². The molecule has 2 aromatic carbocycles. The molecule has 0 fully saturated rings. The average molecular weight is 364 g/mol. The molecule has 1 aromatic heterocycles. The van der Waals surface area contributed by atoms with Crippen molar-refractivity contribution in [1.29, 1.82) is 5.26 Å². The van der Waals surface area contributed by atoms with E-state index < -0.39 is 0 Å². The second-order valence-electron chi connectivity index (χ2n) is 5.52. The Morgan fingerprint density at radius 1 is 1.08 bits per heavy atom. The maximum Gasteiger partial charge on any atom is 0.274 e. The number of anilines is 3. The highest BCUT2D eigenvalue weighted by Gasteiger charge is 2.10. The van der Waals surface area contributed by atoms with Crippen LogP contribution in [0.3, 0.4) is 0 Å². The Kier molecular flexibility index (Phi) is 5.11. The van der Waals surface area contributed by atoms with Crippen LogP contribution in [0.5, 0.6) is 0 Å². The van der Waals surface area contributed by atoms with E-state index in [0.717, 1.165) is 11.3 Å². The SMILES string of the molecule is Cc1ccc(NC(=O)c2cc(Nc3ccc(C#N)cc3)ncn2)cc1Cl. The summed E-state index contributed by atoms with van der Waals surface area (Å²) >= 11 is 6.07. The lowest BCUT2D eigenvalue weighted by molar-refractivity contribution is 0.102. The van der Waals surface area contributed by atoms with Crippen LogP contribution in [0.4, 0.5) is 17.2 Å². The molecule has 0 saturated heterocycles. The summed E-state index contributed by atoms with van der Waals surface area (Å²) in [6, 6.07) is 15.8. The fraction of sp³-hybridized carbons (Fsp3) is 0.0526. The van der Waals surface area contributed by atoms with Crippen molar-refractivity contribution in [2.24, 2.45) is 0 Å². The second kappa shape index (κ2) is 7.64. The first-order valence-corrected chi connectivity index (χ1v) is 8.10. The summed E-state index contributed by atoms with van der Waals surface area (Å²) in [5.74, 6) is 0.104. The number of aryl methyl sites for hydroxylation is 1. The van der Waals surface area contributed by atoms with Gasteiger partial charge in [0.2, 0.25) is 0 Å². The third kappa shape index (κ3) is 4.15. The van der Waals surface area contributed by atoms with Gasteiger partial charge in [0.1, 0.15) is 17.8 Å². The van der Waals surface area contributed by atoms with Crippen molar-refractivity contribution in [2.75, 3.05) is 10.6 Å². The largest absolute Gasteiger partial charge is 0.340 e. The number of nitrogens with zero attached hydrogens (tertiary/aromatic N) is 3. The molecule has 0 unspecified atom stereocenters. The number of aromatic nitrogens is 2. The zero-order valence-corrected chi connectivity index (χ0v) is 14.6. The first kappa shape index (κ1) is 17.4. The number of halogens is 1. The zero-order chi connectivity index (χ0) is 18.5. The number of hydrogen-bond donors (Lipinski definition) is 2. The normalized spacial score (nSPS) is 10.0. The molecule has 26 heavy (non-hydrogen) atoms. The van der Waals surface area contributed by atoms with Crippen molar-refractivity contribution in [2.45, 2.75) is 6.92 Å². The van der Waals surface area contributed by atoms with E-state index in [4.69, 9.17) is 16.9 Å². The van der Waals surface area contributed by atoms with Gasteiger partial charge >= 0.3 is 0 Å². The van der Waals surface area contributed by atoms with Crippen LogP contribution in [0.15, 0.2) is 54.9 Å². The van der Waals surface area contributed by atoms with Crippen LogP contribution in [0, 0.1) is 18.3 Å². The maximum atomic E-state index is 12.4. The molecule has 1 heterocycles. The van der Waals surface area contributed by atoms with Crippen molar-refractivity contribution in [3.8, 4) is 6.07 Å². The zero-order valence-electron chi connectivity index (χ0n) is 13.8. The van der Waals surface area contributed by atoms with E-state index >= 15 is 0 Å². The van der Waals surface area contributed by atoms with E-state index in [1.165, 1.54) is 6.33 Å². The van der Waals surface area contributed by atoms with Crippen molar-refractivity contribution < 1.29 is 4.79 Å². The predicted octanol–water partition coefficient (Wildman–Crippen LogP) is 4.31. The summed E-state index contributed by atoms with van der Waals surface area (Å²) in [7, 11) is 0. The molecule has 6 nitrogen and oxygen atoms in total. The van der Waals surface area contributed by atoms with Crippen molar-refractivity contribution >= 4 is 34.7 Å². The van der Waals surface area contributed by atoms with Gasteiger partial charge in [-0.3, -0.25) is 4.79 Å². The summed E-state index contributed by atoms with van der Waals surface area (Å²) in [4.78, 5) is 20.5. The lowest BCUT2D eigenvalue weighted by Crippen LogP contribution is -2.14. The lowest BCUT2D eigenvalue weighted by atomic mass is 10.2. The van der Waals surface area contributed by atoms with Crippen LogP contribution in [-0.2, 0) is 0 Å². The van der Waals surface area contributed by atoms with Crippen LogP contribution in [0.25, 0.3) is 0 Å². The number of carbonyl (C=O) groups is 1. The Morgan fingerprint density at radius 2 is 1.81 bits per heavy atom. The standard InChI is InChI=1S/C19H14ClN5O/c1-12-2-5-15(8-16(12)20)25-19(26)17-9-18(23-11-22-17)24-14-6-3-13(10-21)4-7-14/h2-9,11H,1H3,(H,25,26)(H,22,23,24). The summed E-state index contributed by atoms with van der Waals surface area (Å²) in [5.41, 5.74) is 3.05. The van der Waals surface area contributed by atoms with E-state index in [2.05, 4.69) is 26.7 Å². The van der Waals surface area contributed by atoms with Crippen molar-refractivity contribution in [3.05, 3.63) is 76.7 Å². The Hall–Kier alpha value is -3.43. The first-order chi connectivity index (χ1) is 12.5. The summed E-state index contributed by atoms with van der Waals surface area (Å²) in [5, 5.41) is 15.2. The number of benzene rings is 2. The van der Waals surface area contributed by atoms with Crippen molar-refractivity contribution in [1.82, 2.24) is 9.97 Å². The summed E-state index contributed by atoms with van der Waals surface area (Å²) in [6.45, 7) is 1.89. The van der Waals surface area contributed by atoms with E-state index in [1.807, 2.05) is 13.0 Å². The minimum absolute atomic E-state index is 0.216. The minimum atomic E-state index is -0.366. The molecule has 0 aliphatic rings. The number of nitriles is 1. The topological polar surface area (TPSA) is 90.7 Å². The highest BCUT2D eigenvalue weighted by Crippen LogP contribution is 2.21. The molecule has 0 bridgehead atoms. The highest BCUT2D eigenvalue weighted by atomic mass is 35.5. The van der Waals surface area contributed by atoms with Gasteiger partial charge in [-0.15, -0.1) is 0 Å². The van der Waals surface area contributed by atoms with E-state index in [9.17, 15) is 4.79 Å². The summed E-state index contributed by atoms with van der Waals surface area (Å²) in [6.07, 6.45) is 1.31. The van der Waals surface area contributed by atoms with Gasteiger partial charge in [0.15, 0.2) is 0 Å². The molecule has 7 heteroatoms. The Morgan fingerprint density at radius 3 is 2.50 bits per heavy atom. The van der Waals surface area contributed by atoms with Gasteiger partial charge in [-0.25, -0.2) is 9.97 Å². The average Bonchev–Trinajstić information content (AvgIpc) is 2.65. The van der Waals surface area contributed by atoms with Crippen molar-refractivity contribution in [3.63, 3.8) is 0 Å². The molecule has 0 spiro atoms. The number of carbonyl (C=O) groups excluding carboxylic acids is 1. The molecule has 0 aliphatic heterocycles. The fourth-order valence-corrected chi connectivity index (χ4v) is 2.37. The van der Waals surface area contributed by atoms with E-state index in [1.54, 1.807) is 42.5 Å². The molecular weight excluding hydrogens is 350 g/mol. The minimum Gasteiger partial charge on any atom is -0.340 e. The van der Waals surface area contributed by atoms with Gasteiger partial charge in [0, 0.05) is 22.5 Å². The maximum absolute atomic E-state index is 12.4. The highest BCUT2D eigenvalue weighted by molar-refractivity contribution is 6.31. The molecule has 0 atom stereocenters. The van der Waals surface area contributed by atoms with Gasteiger partial charge in [0.25, 0.3) is 5.91 Å². The monoisotopic (exact) mass is 363 g/mol. The molecule has 3 aromatic rings. The number of amides is 1. The van der Waals surface area contributed by atoms with Crippen LogP contribution >= 0.6 is 11.6 Å². The van der Waals surface area contributed by atoms with Gasteiger partial charge in [-0.05, 0) is 48.9 Å². The number of rotatable bonds is 4.